The van der Waals surface area contributed by atoms with Crippen molar-refractivity contribution in [3.05, 3.63) is 0 Å². The van der Waals surface area contributed by atoms with Gasteiger partial charge in [-0.2, -0.15) is 0 Å². The number of hydrogen-bond acceptors (Lipinski definition) is 3. The number of amides is 1. The zero-order chi connectivity index (χ0) is 14.5. The van der Waals surface area contributed by atoms with E-state index >= 15 is 0 Å². The lowest BCUT2D eigenvalue weighted by Gasteiger charge is -2.35. The molecule has 4 nitrogen and oxygen atoms in total. The van der Waals surface area contributed by atoms with Crippen molar-refractivity contribution in [1.29, 1.82) is 0 Å². The molecule has 2 atom stereocenters. The van der Waals surface area contributed by atoms with Gasteiger partial charge in [0.2, 0.25) is 5.91 Å². The Labute approximate surface area is 118 Å². The summed E-state index contributed by atoms with van der Waals surface area (Å²) in [5.74, 6) is 0.821. The lowest BCUT2D eigenvalue weighted by Crippen LogP contribution is -2.54. The van der Waals surface area contributed by atoms with Gasteiger partial charge in [-0.3, -0.25) is 9.69 Å². The van der Waals surface area contributed by atoms with E-state index in [1.807, 2.05) is 6.92 Å². The maximum Gasteiger partial charge on any atom is 0.239 e. The highest BCUT2D eigenvalue weighted by Gasteiger charge is 2.28. The van der Waals surface area contributed by atoms with Crippen LogP contribution in [0.5, 0.6) is 0 Å². The van der Waals surface area contributed by atoms with Gasteiger partial charge in [-0.1, -0.05) is 20.3 Å². The average Bonchev–Trinajstić information content (AvgIpc) is 2.36. The third-order valence-corrected chi connectivity index (χ3v) is 4.29. The number of carbonyl (C=O) groups excluding carboxylic acids is 1. The molecule has 19 heavy (non-hydrogen) atoms. The Morgan fingerprint density at radius 2 is 2.05 bits per heavy atom. The van der Waals surface area contributed by atoms with E-state index in [2.05, 4.69) is 31.0 Å². The summed E-state index contributed by atoms with van der Waals surface area (Å²) in [7, 11) is 0. The van der Waals surface area contributed by atoms with Gasteiger partial charge in [-0.15, -0.1) is 0 Å². The number of nitrogens with two attached hydrogens (primary N) is 1. The molecule has 1 heterocycles. The van der Waals surface area contributed by atoms with Crippen molar-refractivity contribution in [3.8, 4) is 0 Å². The van der Waals surface area contributed by atoms with Crippen molar-refractivity contribution in [2.24, 2.45) is 11.7 Å². The lowest BCUT2D eigenvalue weighted by atomic mass is 9.96. The molecule has 0 aliphatic carbocycles. The van der Waals surface area contributed by atoms with E-state index in [0.29, 0.717) is 12.6 Å². The van der Waals surface area contributed by atoms with Crippen LogP contribution < -0.4 is 11.1 Å². The molecule has 0 aromatic heterocycles. The summed E-state index contributed by atoms with van der Waals surface area (Å²) in [5.41, 5.74) is 5.30. The van der Waals surface area contributed by atoms with Crippen LogP contribution in [-0.2, 0) is 4.79 Å². The van der Waals surface area contributed by atoms with E-state index in [1.165, 1.54) is 12.8 Å². The number of carbonyl (C=O) groups is 1. The van der Waals surface area contributed by atoms with E-state index in [0.717, 1.165) is 31.8 Å². The maximum atomic E-state index is 12.0. The van der Waals surface area contributed by atoms with E-state index in [4.69, 9.17) is 5.73 Å². The Bertz CT molecular complexity index is 283. The zero-order valence-electron chi connectivity index (χ0n) is 13.0. The molecule has 0 aromatic rings. The monoisotopic (exact) mass is 269 g/mol. The summed E-state index contributed by atoms with van der Waals surface area (Å²) in [6.45, 7) is 11.4. The van der Waals surface area contributed by atoms with Crippen LogP contribution >= 0.6 is 0 Å². The van der Waals surface area contributed by atoms with Gasteiger partial charge in [-0.25, -0.2) is 0 Å². The zero-order valence-corrected chi connectivity index (χ0v) is 13.0. The molecule has 0 saturated carbocycles. The van der Waals surface area contributed by atoms with E-state index in [-0.39, 0.29) is 5.91 Å². The van der Waals surface area contributed by atoms with Crippen molar-refractivity contribution >= 4 is 5.91 Å². The van der Waals surface area contributed by atoms with Gasteiger partial charge in [0.05, 0.1) is 5.54 Å². The minimum Gasteiger partial charge on any atom is -0.353 e. The molecule has 1 fully saturated rings. The van der Waals surface area contributed by atoms with Crippen molar-refractivity contribution in [2.45, 2.75) is 65.0 Å². The van der Waals surface area contributed by atoms with Crippen LogP contribution in [0, 0.1) is 5.92 Å². The number of hydrogen-bond donors (Lipinski definition) is 2. The molecular formula is C15H31N3O. The molecule has 112 valence electrons. The van der Waals surface area contributed by atoms with Gasteiger partial charge in [0.15, 0.2) is 0 Å². The predicted molar refractivity (Wildman–Crippen MR) is 79.9 cm³/mol. The first-order valence-corrected chi connectivity index (χ1v) is 7.68. The van der Waals surface area contributed by atoms with Crippen LogP contribution in [0.15, 0.2) is 0 Å². The highest BCUT2D eigenvalue weighted by molar-refractivity contribution is 5.85. The van der Waals surface area contributed by atoms with Gasteiger partial charge in [0.25, 0.3) is 0 Å². The summed E-state index contributed by atoms with van der Waals surface area (Å²) in [6, 6.07) is 0.397. The van der Waals surface area contributed by atoms with Crippen molar-refractivity contribution < 1.29 is 4.79 Å². The fourth-order valence-corrected chi connectivity index (χ4v) is 2.67. The SMILES string of the molecule is CCCC(C)(N)C(=O)NCC(C)N1CCC(C)CC1. The maximum absolute atomic E-state index is 12.0. The number of piperidine rings is 1. The molecule has 0 spiro atoms. The molecule has 0 radical (unpaired) electrons. The molecule has 4 heteroatoms. The van der Waals surface area contributed by atoms with E-state index in [9.17, 15) is 4.79 Å². The summed E-state index contributed by atoms with van der Waals surface area (Å²) in [5, 5.41) is 3.01. The molecule has 1 amide bonds. The number of nitrogens with one attached hydrogen (secondary N) is 1. The van der Waals surface area contributed by atoms with Crippen LogP contribution in [0.4, 0.5) is 0 Å². The van der Waals surface area contributed by atoms with Crippen LogP contribution in [0.1, 0.15) is 53.4 Å². The van der Waals surface area contributed by atoms with Gasteiger partial charge >= 0.3 is 0 Å². The van der Waals surface area contributed by atoms with Gasteiger partial charge in [-0.05, 0) is 52.1 Å². The topological polar surface area (TPSA) is 58.4 Å². The largest absolute Gasteiger partial charge is 0.353 e. The van der Waals surface area contributed by atoms with Crippen molar-refractivity contribution in [1.82, 2.24) is 10.2 Å². The summed E-state index contributed by atoms with van der Waals surface area (Å²) >= 11 is 0. The molecule has 1 rings (SSSR count). The van der Waals surface area contributed by atoms with Crippen molar-refractivity contribution in [3.63, 3.8) is 0 Å². The minimum atomic E-state index is -0.731. The smallest absolute Gasteiger partial charge is 0.239 e. The Morgan fingerprint density at radius 1 is 1.47 bits per heavy atom. The third kappa shape index (κ3) is 5.11. The van der Waals surface area contributed by atoms with Gasteiger partial charge in [0.1, 0.15) is 0 Å². The van der Waals surface area contributed by atoms with Crippen LogP contribution in [0.25, 0.3) is 0 Å². The normalized spacial score (nSPS) is 22.8. The first kappa shape index (κ1) is 16.4. The van der Waals surface area contributed by atoms with E-state index < -0.39 is 5.54 Å². The standard InChI is InChI=1S/C15H31N3O/c1-5-8-15(4,16)14(19)17-11-13(3)18-9-6-12(2)7-10-18/h12-13H,5-11,16H2,1-4H3,(H,17,19). The van der Waals surface area contributed by atoms with Crippen LogP contribution in [-0.4, -0.2) is 42.0 Å². The minimum absolute atomic E-state index is 0.0217. The highest BCUT2D eigenvalue weighted by Crippen LogP contribution is 2.17. The summed E-state index contributed by atoms with van der Waals surface area (Å²) in [6.07, 6.45) is 4.19. The van der Waals surface area contributed by atoms with Crippen LogP contribution in [0.3, 0.4) is 0 Å². The Hall–Kier alpha value is -0.610. The molecule has 2 unspecified atom stereocenters. The predicted octanol–water partition coefficient (Wildman–Crippen LogP) is 1.74. The molecule has 1 aliphatic heterocycles. The highest BCUT2D eigenvalue weighted by atomic mass is 16.2. The number of nitrogens with zero attached hydrogens (tertiary/aromatic N) is 1. The fraction of sp³-hybridized carbons (Fsp3) is 0.933. The molecule has 1 aliphatic rings. The van der Waals surface area contributed by atoms with Gasteiger partial charge in [0, 0.05) is 12.6 Å². The first-order valence-electron chi connectivity index (χ1n) is 7.68. The molecule has 1 saturated heterocycles. The molecular weight excluding hydrogens is 238 g/mol. The number of likely N-dealkylation sites (tertiary alicyclic amines) is 1. The second kappa shape index (κ2) is 7.25. The second-order valence-electron chi connectivity index (χ2n) is 6.45. The molecule has 3 N–H and O–H groups in total. The van der Waals surface area contributed by atoms with Crippen LogP contribution in [0.2, 0.25) is 0 Å². The Kier molecular flexibility index (Phi) is 6.27. The average molecular weight is 269 g/mol. The fourth-order valence-electron chi connectivity index (χ4n) is 2.67. The van der Waals surface area contributed by atoms with Gasteiger partial charge < -0.3 is 11.1 Å². The summed E-state index contributed by atoms with van der Waals surface area (Å²) < 4.78 is 0. The second-order valence-corrected chi connectivity index (χ2v) is 6.45. The summed E-state index contributed by atoms with van der Waals surface area (Å²) in [4.78, 5) is 14.5. The molecule has 0 aromatic carbocycles. The third-order valence-electron chi connectivity index (χ3n) is 4.29. The number of rotatable bonds is 6. The Balaban J connectivity index is 2.33. The Morgan fingerprint density at radius 3 is 2.58 bits per heavy atom. The first-order chi connectivity index (χ1) is 8.86. The molecule has 0 bridgehead atoms. The quantitative estimate of drug-likeness (QED) is 0.772. The lowest BCUT2D eigenvalue weighted by molar-refractivity contribution is -0.126. The van der Waals surface area contributed by atoms with E-state index in [1.54, 1.807) is 0 Å². The van der Waals surface area contributed by atoms with Crippen molar-refractivity contribution in [2.75, 3.05) is 19.6 Å².